The summed E-state index contributed by atoms with van der Waals surface area (Å²) < 4.78 is 0. The number of thiocarbonyl (C=S) groups is 1. The zero-order valence-electron chi connectivity index (χ0n) is 14.0. The summed E-state index contributed by atoms with van der Waals surface area (Å²) in [6, 6.07) is 17.5. The Morgan fingerprint density at radius 2 is 1.74 bits per heavy atom. The number of hydrogen-bond acceptors (Lipinski definition) is 4. The molecule has 8 heteroatoms. The first-order valence-corrected chi connectivity index (χ1v) is 8.79. The molecule has 3 rings (SSSR count). The highest BCUT2D eigenvalue weighted by molar-refractivity contribution is 7.80. The van der Waals surface area contributed by atoms with Crippen molar-refractivity contribution < 1.29 is 4.92 Å². The van der Waals surface area contributed by atoms with Gasteiger partial charge in [-0.3, -0.25) is 15.1 Å². The topological polar surface area (TPSA) is 80.1 Å². The van der Waals surface area contributed by atoms with Gasteiger partial charge < -0.3 is 10.6 Å². The van der Waals surface area contributed by atoms with E-state index in [9.17, 15) is 10.1 Å². The summed E-state index contributed by atoms with van der Waals surface area (Å²) in [4.78, 5) is 14.5. The lowest BCUT2D eigenvalue weighted by Crippen LogP contribution is -2.33. The molecule has 1 aromatic heterocycles. The molecule has 0 aliphatic carbocycles. The average Bonchev–Trinajstić information content (AvgIpc) is 2.69. The van der Waals surface area contributed by atoms with E-state index in [0.717, 1.165) is 11.1 Å². The molecule has 0 radical (unpaired) electrons. The third kappa shape index (κ3) is 4.78. The number of pyridine rings is 1. The van der Waals surface area contributed by atoms with E-state index < -0.39 is 4.92 Å². The minimum Gasteiger partial charge on any atom is -0.352 e. The molecule has 6 nitrogen and oxygen atoms in total. The normalized spacial score (nSPS) is 11.4. The van der Waals surface area contributed by atoms with Gasteiger partial charge in [0.1, 0.15) is 0 Å². The van der Waals surface area contributed by atoms with E-state index in [1.54, 1.807) is 12.4 Å². The van der Waals surface area contributed by atoms with Crippen LogP contribution in [0.1, 0.15) is 17.2 Å². The number of aromatic nitrogens is 1. The lowest BCUT2D eigenvalue weighted by Gasteiger charge is -2.22. The maximum atomic E-state index is 11.0. The fourth-order valence-electron chi connectivity index (χ4n) is 2.57. The van der Waals surface area contributed by atoms with Gasteiger partial charge in [0.25, 0.3) is 5.69 Å². The van der Waals surface area contributed by atoms with Crippen molar-refractivity contribution in [2.75, 3.05) is 5.32 Å². The van der Waals surface area contributed by atoms with Crippen molar-refractivity contribution in [2.24, 2.45) is 0 Å². The highest BCUT2D eigenvalue weighted by Crippen LogP contribution is 2.27. The quantitative estimate of drug-likeness (QED) is 0.368. The second-order valence-electron chi connectivity index (χ2n) is 5.64. The lowest BCUT2D eigenvalue weighted by molar-refractivity contribution is -0.384. The molecule has 0 saturated heterocycles. The van der Waals surface area contributed by atoms with Gasteiger partial charge in [-0.05, 0) is 41.5 Å². The Kier molecular flexibility index (Phi) is 5.95. The Labute approximate surface area is 166 Å². The molecule has 0 saturated carbocycles. The van der Waals surface area contributed by atoms with E-state index in [2.05, 4.69) is 15.6 Å². The van der Waals surface area contributed by atoms with Crippen LogP contribution in [0.4, 0.5) is 11.4 Å². The predicted molar refractivity (Wildman–Crippen MR) is 110 cm³/mol. The van der Waals surface area contributed by atoms with Crippen LogP contribution in [0.15, 0.2) is 73.1 Å². The second kappa shape index (κ2) is 8.57. The Hall–Kier alpha value is -3.03. The zero-order valence-corrected chi connectivity index (χ0v) is 15.6. The van der Waals surface area contributed by atoms with E-state index in [4.69, 9.17) is 23.8 Å². The molecule has 0 bridgehead atoms. The summed E-state index contributed by atoms with van der Waals surface area (Å²) >= 11 is 11.5. The van der Waals surface area contributed by atoms with Gasteiger partial charge in [0, 0.05) is 24.5 Å². The van der Waals surface area contributed by atoms with Crippen molar-refractivity contribution in [1.29, 1.82) is 0 Å². The number of non-ortho nitro benzene ring substituents is 1. The summed E-state index contributed by atoms with van der Waals surface area (Å²) in [5.74, 6) is 0. The van der Waals surface area contributed by atoms with Crippen molar-refractivity contribution in [1.82, 2.24) is 10.3 Å². The number of hydrogen-bond donors (Lipinski definition) is 2. The van der Waals surface area contributed by atoms with Crippen LogP contribution < -0.4 is 10.6 Å². The molecular formula is C19H15ClN4O2S. The van der Waals surface area contributed by atoms with E-state index >= 15 is 0 Å². The molecule has 1 heterocycles. The van der Waals surface area contributed by atoms with Gasteiger partial charge in [-0.2, -0.15) is 0 Å². The zero-order chi connectivity index (χ0) is 19.2. The van der Waals surface area contributed by atoms with Crippen LogP contribution in [-0.2, 0) is 0 Å². The summed E-state index contributed by atoms with van der Waals surface area (Å²) in [5.41, 5.74) is 2.28. The minimum atomic E-state index is -0.484. The van der Waals surface area contributed by atoms with Crippen molar-refractivity contribution in [3.05, 3.63) is 99.3 Å². The number of anilines is 1. The van der Waals surface area contributed by atoms with E-state index in [1.165, 1.54) is 18.2 Å². The Morgan fingerprint density at radius 1 is 1.07 bits per heavy atom. The van der Waals surface area contributed by atoms with Crippen molar-refractivity contribution in [3.8, 4) is 0 Å². The van der Waals surface area contributed by atoms with E-state index in [1.807, 2.05) is 42.5 Å². The number of nitro groups is 1. The Balaban J connectivity index is 1.84. The smallest absolute Gasteiger partial charge is 0.271 e. The molecule has 0 aliphatic rings. The molecule has 0 amide bonds. The average molecular weight is 399 g/mol. The van der Waals surface area contributed by atoms with Crippen LogP contribution in [0, 0.1) is 10.1 Å². The molecule has 0 aliphatic heterocycles. The monoisotopic (exact) mass is 398 g/mol. The Morgan fingerprint density at radius 3 is 2.41 bits per heavy atom. The number of benzene rings is 2. The maximum absolute atomic E-state index is 11.0. The van der Waals surface area contributed by atoms with Gasteiger partial charge in [-0.15, -0.1) is 0 Å². The minimum absolute atomic E-state index is 0.0709. The first-order chi connectivity index (χ1) is 13.0. The summed E-state index contributed by atoms with van der Waals surface area (Å²) in [6.45, 7) is 0. The summed E-state index contributed by atoms with van der Waals surface area (Å²) in [7, 11) is 0. The summed E-state index contributed by atoms with van der Waals surface area (Å²) in [6.07, 6.45) is 3.42. The van der Waals surface area contributed by atoms with Crippen LogP contribution >= 0.6 is 23.8 Å². The summed E-state index contributed by atoms with van der Waals surface area (Å²) in [5, 5.41) is 17.8. The molecule has 136 valence electrons. The highest BCUT2D eigenvalue weighted by Gasteiger charge is 2.16. The molecule has 1 atom stereocenters. The molecule has 3 aromatic rings. The third-order valence-electron chi connectivity index (χ3n) is 3.86. The molecule has 2 aromatic carbocycles. The van der Waals surface area contributed by atoms with Gasteiger partial charge in [0.05, 0.1) is 21.7 Å². The van der Waals surface area contributed by atoms with Crippen LogP contribution in [0.5, 0.6) is 0 Å². The molecular weight excluding hydrogens is 384 g/mol. The Bertz CT molecular complexity index is 915. The van der Waals surface area contributed by atoms with Gasteiger partial charge in [-0.1, -0.05) is 41.9 Å². The van der Waals surface area contributed by atoms with E-state index in [0.29, 0.717) is 15.8 Å². The lowest BCUT2D eigenvalue weighted by atomic mass is 10.00. The van der Waals surface area contributed by atoms with Gasteiger partial charge in [0.2, 0.25) is 0 Å². The largest absolute Gasteiger partial charge is 0.352 e. The molecule has 0 spiro atoms. The third-order valence-corrected chi connectivity index (χ3v) is 4.41. The first kappa shape index (κ1) is 18.8. The second-order valence-corrected chi connectivity index (χ2v) is 6.46. The molecule has 0 unspecified atom stereocenters. The van der Waals surface area contributed by atoms with Crippen molar-refractivity contribution in [3.63, 3.8) is 0 Å². The molecule has 2 N–H and O–H groups in total. The van der Waals surface area contributed by atoms with Crippen LogP contribution in [0.25, 0.3) is 0 Å². The van der Waals surface area contributed by atoms with Gasteiger partial charge >= 0.3 is 0 Å². The van der Waals surface area contributed by atoms with E-state index in [-0.39, 0.29) is 11.7 Å². The van der Waals surface area contributed by atoms with Crippen molar-refractivity contribution in [2.45, 2.75) is 6.04 Å². The van der Waals surface area contributed by atoms with Crippen LogP contribution in [0.3, 0.4) is 0 Å². The van der Waals surface area contributed by atoms with Crippen molar-refractivity contribution >= 4 is 40.3 Å². The highest BCUT2D eigenvalue weighted by atomic mass is 35.5. The number of nitrogens with zero attached hydrogens (tertiary/aromatic N) is 2. The standard InChI is InChI=1S/C19H15ClN4O2S/c20-16-7-6-15(24(25)26)12-17(16)22-19(27)23-18(13-4-2-1-3-5-13)14-8-10-21-11-9-14/h1-12,18H,(H2,22,23,27)/t18-/m1/s1. The number of halogens is 1. The fourth-order valence-corrected chi connectivity index (χ4v) is 2.97. The predicted octanol–water partition coefficient (Wildman–Crippen LogP) is 4.72. The first-order valence-electron chi connectivity index (χ1n) is 8.01. The molecule has 0 fully saturated rings. The molecule has 27 heavy (non-hydrogen) atoms. The SMILES string of the molecule is O=[N+]([O-])c1ccc(Cl)c(NC(=S)N[C@H](c2ccccc2)c2ccncc2)c1. The number of nitro benzene ring substituents is 1. The van der Waals surface area contributed by atoms with Gasteiger partial charge in [0.15, 0.2) is 5.11 Å². The number of nitrogens with one attached hydrogen (secondary N) is 2. The van der Waals surface area contributed by atoms with Crippen LogP contribution in [0.2, 0.25) is 5.02 Å². The van der Waals surface area contributed by atoms with Gasteiger partial charge in [-0.25, -0.2) is 0 Å². The maximum Gasteiger partial charge on any atom is 0.271 e. The number of rotatable bonds is 5. The fraction of sp³-hybridized carbons (Fsp3) is 0.0526. The van der Waals surface area contributed by atoms with Crippen LogP contribution in [-0.4, -0.2) is 15.0 Å².